The number of carbonyl (C=O) groups is 2. The average Bonchev–Trinajstić information content (AvgIpc) is 2.46. The van der Waals surface area contributed by atoms with Crippen LogP contribution in [0.3, 0.4) is 0 Å². The number of ether oxygens (including phenoxy) is 1. The second-order valence-electron chi connectivity index (χ2n) is 4.36. The molecule has 20 heavy (non-hydrogen) atoms. The normalized spacial score (nSPS) is 11.6. The summed E-state index contributed by atoms with van der Waals surface area (Å²) in [6, 6.07) is 18.1. The van der Waals surface area contributed by atoms with Crippen molar-refractivity contribution in [1.29, 1.82) is 0 Å². The Morgan fingerprint density at radius 2 is 1.50 bits per heavy atom. The predicted molar refractivity (Wildman–Crippen MR) is 75.0 cm³/mol. The average molecular weight is 269 g/mol. The molecule has 0 aromatic heterocycles. The van der Waals surface area contributed by atoms with Gasteiger partial charge in [0.15, 0.2) is 11.9 Å². The van der Waals surface area contributed by atoms with Gasteiger partial charge in [0.2, 0.25) is 0 Å². The molecule has 0 spiro atoms. The van der Waals surface area contributed by atoms with E-state index in [9.17, 15) is 9.59 Å². The second kappa shape index (κ2) is 6.52. The zero-order valence-corrected chi connectivity index (χ0v) is 10.9. The molecule has 1 atom stereocenters. The van der Waals surface area contributed by atoms with E-state index in [-0.39, 0.29) is 12.2 Å². The number of ketones is 1. The van der Waals surface area contributed by atoms with E-state index >= 15 is 0 Å². The summed E-state index contributed by atoms with van der Waals surface area (Å²) < 4.78 is 4.96. The maximum absolute atomic E-state index is 12.3. The van der Waals surface area contributed by atoms with Crippen LogP contribution in [0.25, 0.3) is 0 Å². The lowest BCUT2D eigenvalue weighted by atomic mass is 10.00. The number of benzene rings is 2. The highest BCUT2D eigenvalue weighted by atomic mass is 16.6. The summed E-state index contributed by atoms with van der Waals surface area (Å²) >= 11 is 0. The monoisotopic (exact) mass is 269 g/mol. The standard InChI is InChI=1S/C16H15NO3/c17-16(19)20-15(13-9-5-2-6-10-13)14(18)11-12-7-3-1-4-8-12/h1-10,15H,11H2,(H2,17,19). The zero-order chi connectivity index (χ0) is 14.4. The molecule has 2 aromatic carbocycles. The third-order valence-electron chi connectivity index (χ3n) is 2.85. The lowest BCUT2D eigenvalue weighted by Gasteiger charge is -2.15. The van der Waals surface area contributed by atoms with Crippen molar-refractivity contribution in [1.82, 2.24) is 0 Å². The van der Waals surface area contributed by atoms with Crippen LogP contribution in [0.5, 0.6) is 0 Å². The quantitative estimate of drug-likeness (QED) is 0.907. The van der Waals surface area contributed by atoms with E-state index in [1.54, 1.807) is 24.3 Å². The second-order valence-corrected chi connectivity index (χ2v) is 4.36. The van der Waals surface area contributed by atoms with Gasteiger partial charge in [-0.25, -0.2) is 4.79 Å². The van der Waals surface area contributed by atoms with Crippen LogP contribution in [0.2, 0.25) is 0 Å². The minimum Gasteiger partial charge on any atom is -0.433 e. The van der Waals surface area contributed by atoms with E-state index in [4.69, 9.17) is 10.5 Å². The fraction of sp³-hybridized carbons (Fsp3) is 0.125. The molecule has 0 fully saturated rings. The van der Waals surface area contributed by atoms with E-state index < -0.39 is 12.2 Å². The molecule has 0 heterocycles. The minimum absolute atomic E-state index is 0.188. The Morgan fingerprint density at radius 1 is 0.950 bits per heavy atom. The van der Waals surface area contributed by atoms with Gasteiger partial charge in [-0.1, -0.05) is 60.7 Å². The number of rotatable bonds is 5. The van der Waals surface area contributed by atoms with Crippen molar-refractivity contribution < 1.29 is 14.3 Å². The molecule has 102 valence electrons. The van der Waals surface area contributed by atoms with Crippen molar-refractivity contribution in [2.24, 2.45) is 5.73 Å². The smallest absolute Gasteiger partial charge is 0.405 e. The van der Waals surface area contributed by atoms with Gasteiger partial charge in [-0.2, -0.15) is 0 Å². The van der Waals surface area contributed by atoms with E-state index in [0.717, 1.165) is 5.56 Å². The number of hydrogen-bond acceptors (Lipinski definition) is 3. The predicted octanol–water partition coefficient (Wildman–Crippen LogP) is 2.63. The molecule has 2 rings (SSSR count). The van der Waals surface area contributed by atoms with Crippen LogP contribution in [0.15, 0.2) is 60.7 Å². The summed E-state index contributed by atoms with van der Waals surface area (Å²) in [5, 5.41) is 0. The molecular formula is C16H15NO3. The Labute approximate surface area is 117 Å². The van der Waals surface area contributed by atoms with E-state index in [1.165, 1.54) is 0 Å². The van der Waals surface area contributed by atoms with E-state index in [1.807, 2.05) is 36.4 Å². The van der Waals surface area contributed by atoms with Crippen molar-refractivity contribution in [3.05, 3.63) is 71.8 Å². The molecule has 4 heteroatoms. The van der Waals surface area contributed by atoms with Crippen molar-refractivity contribution in [3.63, 3.8) is 0 Å². The highest BCUT2D eigenvalue weighted by molar-refractivity contribution is 5.88. The maximum Gasteiger partial charge on any atom is 0.405 e. The number of hydrogen-bond donors (Lipinski definition) is 1. The first-order valence-electron chi connectivity index (χ1n) is 6.24. The summed E-state index contributed by atoms with van der Waals surface area (Å²) in [5.74, 6) is -0.207. The lowest BCUT2D eigenvalue weighted by molar-refractivity contribution is -0.126. The third-order valence-corrected chi connectivity index (χ3v) is 2.85. The van der Waals surface area contributed by atoms with Gasteiger partial charge in [0.05, 0.1) is 0 Å². The molecule has 4 nitrogen and oxygen atoms in total. The van der Waals surface area contributed by atoms with Crippen molar-refractivity contribution in [2.45, 2.75) is 12.5 Å². The number of amides is 1. The summed E-state index contributed by atoms with van der Waals surface area (Å²) in [5.41, 5.74) is 6.53. The molecule has 0 aliphatic rings. The highest BCUT2D eigenvalue weighted by Gasteiger charge is 2.23. The SMILES string of the molecule is NC(=O)OC(C(=O)Cc1ccccc1)c1ccccc1. The maximum atomic E-state index is 12.3. The number of Topliss-reactive ketones (excluding diaryl/α,β-unsaturated/α-hetero) is 1. The van der Waals surface area contributed by atoms with Crippen LogP contribution in [-0.4, -0.2) is 11.9 Å². The molecule has 1 amide bonds. The third kappa shape index (κ3) is 3.68. The van der Waals surface area contributed by atoms with E-state index in [2.05, 4.69) is 0 Å². The molecule has 0 aliphatic carbocycles. The van der Waals surface area contributed by atoms with Gasteiger partial charge in [-0.15, -0.1) is 0 Å². The van der Waals surface area contributed by atoms with Crippen LogP contribution in [0.1, 0.15) is 17.2 Å². The van der Waals surface area contributed by atoms with Crippen molar-refractivity contribution >= 4 is 11.9 Å². The topological polar surface area (TPSA) is 69.4 Å². The van der Waals surface area contributed by atoms with Crippen LogP contribution >= 0.6 is 0 Å². The van der Waals surface area contributed by atoms with Gasteiger partial charge < -0.3 is 10.5 Å². The Kier molecular flexibility index (Phi) is 4.50. The fourth-order valence-corrected chi connectivity index (χ4v) is 1.95. The molecule has 0 saturated carbocycles. The van der Waals surface area contributed by atoms with Gasteiger partial charge in [-0.05, 0) is 5.56 Å². The Bertz CT molecular complexity index is 581. The summed E-state index contributed by atoms with van der Waals surface area (Å²) in [6.07, 6.45) is -1.73. The zero-order valence-electron chi connectivity index (χ0n) is 10.9. The van der Waals surface area contributed by atoms with Gasteiger partial charge >= 0.3 is 6.09 Å². The number of primary amides is 1. The first-order valence-corrected chi connectivity index (χ1v) is 6.24. The molecule has 0 bridgehead atoms. The minimum atomic E-state index is -0.964. The van der Waals surface area contributed by atoms with E-state index in [0.29, 0.717) is 5.56 Å². The van der Waals surface area contributed by atoms with Gasteiger partial charge in [0.25, 0.3) is 0 Å². The van der Waals surface area contributed by atoms with Crippen molar-refractivity contribution in [3.8, 4) is 0 Å². The van der Waals surface area contributed by atoms with Crippen LogP contribution in [0.4, 0.5) is 4.79 Å². The van der Waals surface area contributed by atoms with Gasteiger partial charge in [0.1, 0.15) is 0 Å². The number of nitrogens with two attached hydrogens (primary N) is 1. The molecule has 0 radical (unpaired) electrons. The van der Waals surface area contributed by atoms with Crippen LogP contribution in [-0.2, 0) is 16.0 Å². The summed E-state index contributed by atoms with van der Waals surface area (Å²) in [7, 11) is 0. The largest absolute Gasteiger partial charge is 0.433 e. The molecule has 2 N–H and O–H groups in total. The first-order chi connectivity index (χ1) is 9.66. The molecule has 0 aliphatic heterocycles. The van der Waals surface area contributed by atoms with Crippen LogP contribution in [0, 0.1) is 0 Å². The molecular weight excluding hydrogens is 254 g/mol. The fourth-order valence-electron chi connectivity index (χ4n) is 1.95. The Morgan fingerprint density at radius 3 is 2.05 bits per heavy atom. The molecule has 1 unspecified atom stereocenters. The van der Waals surface area contributed by atoms with Gasteiger partial charge in [-0.3, -0.25) is 4.79 Å². The highest BCUT2D eigenvalue weighted by Crippen LogP contribution is 2.20. The lowest BCUT2D eigenvalue weighted by Crippen LogP contribution is -2.24. The summed E-state index contributed by atoms with van der Waals surface area (Å²) in [4.78, 5) is 23.3. The first kappa shape index (κ1) is 13.8. The molecule has 0 saturated heterocycles. The number of carbonyl (C=O) groups excluding carboxylic acids is 2. The molecule has 2 aromatic rings. The Hall–Kier alpha value is -2.62. The van der Waals surface area contributed by atoms with Crippen LogP contribution < -0.4 is 5.73 Å². The summed E-state index contributed by atoms with van der Waals surface area (Å²) in [6.45, 7) is 0. The van der Waals surface area contributed by atoms with Gasteiger partial charge in [0, 0.05) is 12.0 Å². The Balaban J connectivity index is 2.18. The van der Waals surface area contributed by atoms with Crippen molar-refractivity contribution in [2.75, 3.05) is 0 Å².